The molecule has 0 aliphatic carbocycles. The SMILES string of the molecule is C[C@@H]1c2cccn2-c2ccccc2CN1C(=O)NCc1ccc(F)cc1. The van der Waals surface area contributed by atoms with Gasteiger partial charge in [-0.2, -0.15) is 0 Å². The van der Waals surface area contributed by atoms with E-state index in [9.17, 15) is 9.18 Å². The van der Waals surface area contributed by atoms with Crippen molar-refractivity contribution in [2.75, 3.05) is 0 Å². The standard InChI is InChI=1S/C21H20FN3O/c1-15-19-7-4-12-24(19)20-6-3-2-5-17(20)14-25(15)21(26)23-13-16-8-10-18(22)11-9-16/h2-12,15H,13-14H2,1H3,(H,23,26)/t15-/m1/s1. The Balaban J connectivity index is 1.58. The summed E-state index contributed by atoms with van der Waals surface area (Å²) in [7, 11) is 0. The summed E-state index contributed by atoms with van der Waals surface area (Å²) in [4.78, 5) is 14.7. The quantitative estimate of drug-likeness (QED) is 0.731. The number of nitrogens with one attached hydrogen (secondary N) is 1. The lowest BCUT2D eigenvalue weighted by Crippen LogP contribution is -2.40. The maximum Gasteiger partial charge on any atom is 0.318 e. The van der Waals surface area contributed by atoms with Crippen molar-refractivity contribution in [2.45, 2.75) is 26.1 Å². The molecule has 1 aliphatic rings. The normalized spacial score (nSPS) is 15.8. The molecule has 1 N–H and O–H groups in total. The van der Waals surface area contributed by atoms with Crippen LogP contribution in [0.4, 0.5) is 9.18 Å². The number of fused-ring (bicyclic) bond motifs is 3. The van der Waals surface area contributed by atoms with E-state index in [1.165, 1.54) is 12.1 Å². The van der Waals surface area contributed by atoms with Gasteiger partial charge >= 0.3 is 6.03 Å². The van der Waals surface area contributed by atoms with E-state index in [1.807, 2.05) is 42.3 Å². The van der Waals surface area contributed by atoms with E-state index < -0.39 is 0 Å². The second-order valence-corrected chi connectivity index (χ2v) is 6.52. The van der Waals surface area contributed by atoms with Crippen LogP contribution in [0, 0.1) is 5.82 Å². The van der Waals surface area contributed by atoms with Crippen LogP contribution < -0.4 is 5.32 Å². The number of amides is 2. The number of para-hydroxylation sites is 1. The third-order valence-electron chi connectivity index (χ3n) is 4.89. The Labute approximate surface area is 151 Å². The molecule has 2 aromatic carbocycles. The fraction of sp³-hybridized carbons (Fsp3) is 0.190. The minimum absolute atomic E-state index is 0.0642. The van der Waals surface area contributed by atoms with Crippen molar-refractivity contribution in [1.29, 1.82) is 0 Å². The molecule has 4 rings (SSSR count). The number of halogens is 1. The molecule has 1 aromatic heterocycles. The van der Waals surface area contributed by atoms with Gasteiger partial charge < -0.3 is 14.8 Å². The Morgan fingerprint density at radius 1 is 1.12 bits per heavy atom. The van der Waals surface area contributed by atoms with Crippen molar-refractivity contribution < 1.29 is 9.18 Å². The van der Waals surface area contributed by atoms with Gasteiger partial charge in [-0.3, -0.25) is 0 Å². The highest BCUT2D eigenvalue weighted by molar-refractivity contribution is 5.75. The number of aromatic nitrogens is 1. The molecule has 0 fully saturated rings. The number of benzene rings is 2. The summed E-state index contributed by atoms with van der Waals surface area (Å²) in [5.41, 5.74) is 4.15. The second kappa shape index (κ2) is 6.67. The van der Waals surface area contributed by atoms with Crippen LogP contribution in [0.15, 0.2) is 66.9 Å². The first-order valence-electron chi connectivity index (χ1n) is 8.68. The largest absolute Gasteiger partial charge is 0.334 e. The molecular formula is C21H20FN3O. The van der Waals surface area contributed by atoms with Crippen molar-refractivity contribution in [2.24, 2.45) is 0 Å². The zero-order valence-electron chi connectivity index (χ0n) is 14.5. The van der Waals surface area contributed by atoms with Crippen LogP contribution >= 0.6 is 0 Å². The van der Waals surface area contributed by atoms with Gasteiger partial charge in [0.15, 0.2) is 0 Å². The summed E-state index contributed by atoms with van der Waals surface area (Å²) in [6, 6.07) is 18.2. The highest BCUT2D eigenvalue weighted by Gasteiger charge is 2.28. The summed E-state index contributed by atoms with van der Waals surface area (Å²) >= 11 is 0. The first-order chi connectivity index (χ1) is 12.6. The van der Waals surface area contributed by atoms with Gasteiger partial charge in [0.25, 0.3) is 0 Å². The topological polar surface area (TPSA) is 37.3 Å². The molecule has 0 saturated heterocycles. The molecule has 0 bridgehead atoms. The summed E-state index contributed by atoms with van der Waals surface area (Å²) < 4.78 is 15.2. The molecule has 0 unspecified atom stereocenters. The van der Waals surface area contributed by atoms with Gasteiger partial charge in [-0.15, -0.1) is 0 Å². The van der Waals surface area contributed by atoms with Gasteiger partial charge in [-0.05, 0) is 48.4 Å². The molecule has 132 valence electrons. The van der Waals surface area contributed by atoms with Crippen molar-refractivity contribution in [3.8, 4) is 5.69 Å². The molecule has 5 heteroatoms. The minimum atomic E-state index is -0.279. The maximum atomic E-state index is 13.0. The zero-order valence-corrected chi connectivity index (χ0v) is 14.5. The molecule has 1 atom stereocenters. The summed E-state index contributed by atoms with van der Waals surface area (Å²) in [5.74, 6) is -0.279. The third kappa shape index (κ3) is 2.96. The number of carbonyl (C=O) groups excluding carboxylic acids is 1. The molecule has 1 aliphatic heterocycles. The van der Waals surface area contributed by atoms with Crippen LogP contribution in [-0.4, -0.2) is 15.5 Å². The Bertz CT molecular complexity index is 932. The molecule has 0 spiro atoms. The van der Waals surface area contributed by atoms with Crippen LogP contribution in [0.1, 0.15) is 29.8 Å². The second-order valence-electron chi connectivity index (χ2n) is 6.52. The molecule has 0 radical (unpaired) electrons. The van der Waals surface area contributed by atoms with Gasteiger partial charge in [0, 0.05) is 18.4 Å². The van der Waals surface area contributed by atoms with Crippen LogP contribution in [0.25, 0.3) is 5.69 Å². The van der Waals surface area contributed by atoms with Crippen LogP contribution in [0.5, 0.6) is 0 Å². The van der Waals surface area contributed by atoms with Gasteiger partial charge in [0.05, 0.1) is 18.3 Å². The summed E-state index contributed by atoms with van der Waals surface area (Å²) in [6.07, 6.45) is 2.03. The van der Waals surface area contributed by atoms with E-state index in [0.29, 0.717) is 13.1 Å². The average molecular weight is 349 g/mol. The summed E-state index contributed by atoms with van der Waals surface area (Å²) in [5, 5.41) is 2.96. The van der Waals surface area contributed by atoms with E-state index in [1.54, 1.807) is 12.1 Å². The summed E-state index contributed by atoms with van der Waals surface area (Å²) in [6.45, 7) is 2.94. The monoisotopic (exact) mass is 349 g/mol. The molecular weight excluding hydrogens is 329 g/mol. The van der Waals surface area contributed by atoms with Crippen LogP contribution in [0.2, 0.25) is 0 Å². The van der Waals surface area contributed by atoms with Gasteiger partial charge in [0.2, 0.25) is 0 Å². The molecule has 4 nitrogen and oxygen atoms in total. The molecule has 2 heterocycles. The van der Waals surface area contributed by atoms with Crippen molar-refractivity contribution in [1.82, 2.24) is 14.8 Å². The van der Waals surface area contributed by atoms with E-state index >= 15 is 0 Å². The predicted molar refractivity (Wildman–Crippen MR) is 98.4 cm³/mol. The zero-order chi connectivity index (χ0) is 18.1. The Morgan fingerprint density at radius 3 is 2.69 bits per heavy atom. The maximum absolute atomic E-state index is 13.0. The smallest absolute Gasteiger partial charge is 0.318 e. The van der Waals surface area contributed by atoms with E-state index in [4.69, 9.17) is 0 Å². The molecule has 0 saturated carbocycles. The lowest BCUT2D eigenvalue weighted by molar-refractivity contribution is 0.175. The van der Waals surface area contributed by atoms with Crippen LogP contribution in [0.3, 0.4) is 0 Å². The number of carbonyl (C=O) groups is 1. The number of rotatable bonds is 2. The Hall–Kier alpha value is -3.08. The third-order valence-corrected chi connectivity index (χ3v) is 4.89. The van der Waals surface area contributed by atoms with Crippen molar-refractivity contribution in [3.05, 3.63) is 89.5 Å². The highest BCUT2D eigenvalue weighted by Crippen LogP contribution is 2.31. The molecule has 3 aromatic rings. The fourth-order valence-electron chi connectivity index (χ4n) is 3.44. The number of urea groups is 1. The Morgan fingerprint density at radius 2 is 1.88 bits per heavy atom. The van der Waals surface area contributed by atoms with Crippen molar-refractivity contribution in [3.63, 3.8) is 0 Å². The molecule has 2 amide bonds. The number of hydrogen-bond acceptors (Lipinski definition) is 1. The van der Waals surface area contributed by atoms with Gasteiger partial charge in [0.1, 0.15) is 5.82 Å². The van der Waals surface area contributed by atoms with Crippen molar-refractivity contribution >= 4 is 6.03 Å². The van der Waals surface area contributed by atoms with Gasteiger partial charge in [-0.25, -0.2) is 9.18 Å². The van der Waals surface area contributed by atoms with E-state index in [-0.39, 0.29) is 17.9 Å². The number of hydrogen-bond donors (Lipinski definition) is 1. The first-order valence-corrected chi connectivity index (χ1v) is 8.68. The van der Waals surface area contributed by atoms with Gasteiger partial charge in [-0.1, -0.05) is 30.3 Å². The number of nitrogens with zero attached hydrogens (tertiary/aromatic N) is 2. The first kappa shape index (κ1) is 16.4. The predicted octanol–water partition coefficient (Wildman–Crippen LogP) is 4.40. The fourth-order valence-corrected chi connectivity index (χ4v) is 3.44. The molecule has 26 heavy (non-hydrogen) atoms. The van der Waals surface area contributed by atoms with E-state index in [2.05, 4.69) is 22.0 Å². The lowest BCUT2D eigenvalue weighted by Gasteiger charge is -2.27. The van der Waals surface area contributed by atoms with E-state index in [0.717, 1.165) is 22.5 Å². The Kier molecular flexibility index (Phi) is 4.21. The lowest BCUT2D eigenvalue weighted by atomic mass is 10.1. The average Bonchev–Trinajstić information content (AvgIpc) is 3.11. The van der Waals surface area contributed by atoms with Crippen LogP contribution in [-0.2, 0) is 13.1 Å². The highest BCUT2D eigenvalue weighted by atomic mass is 19.1. The minimum Gasteiger partial charge on any atom is -0.334 e.